The summed E-state index contributed by atoms with van der Waals surface area (Å²) in [5.41, 5.74) is 2.18. The number of carbonyl (C=O) groups is 1. The van der Waals surface area contributed by atoms with Gasteiger partial charge in [-0.3, -0.25) is 9.69 Å². The average Bonchev–Trinajstić information content (AvgIpc) is 3.02. The molecule has 0 aliphatic carbocycles. The maximum Gasteiger partial charge on any atom is 0.254 e. The van der Waals surface area contributed by atoms with E-state index < -0.39 is 0 Å². The van der Waals surface area contributed by atoms with Crippen molar-refractivity contribution < 1.29 is 4.79 Å². The molecule has 0 spiro atoms. The fourth-order valence-corrected chi connectivity index (χ4v) is 3.93. The Hall–Kier alpha value is -1.30. The first-order valence-electron chi connectivity index (χ1n) is 7.93. The first kappa shape index (κ1) is 16.6. The molecule has 3 nitrogen and oxygen atoms in total. The van der Waals surface area contributed by atoms with Gasteiger partial charge in [0.25, 0.3) is 5.91 Å². The first-order valence-corrected chi connectivity index (χ1v) is 10.1. The second kappa shape index (κ2) is 7.99. The van der Waals surface area contributed by atoms with Gasteiger partial charge in [0, 0.05) is 43.0 Å². The molecule has 1 fully saturated rings. The molecule has 0 saturated carbocycles. The van der Waals surface area contributed by atoms with E-state index in [1.165, 1.54) is 10.5 Å². The highest BCUT2D eigenvalue weighted by molar-refractivity contribution is 7.98. The second-order valence-corrected chi connectivity index (χ2v) is 7.44. The van der Waals surface area contributed by atoms with E-state index in [1.54, 1.807) is 23.1 Å². The molecule has 122 valence electrons. The van der Waals surface area contributed by atoms with Gasteiger partial charge in [-0.05, 0) is 41.8 Å². The molecule has 0 atom stereocenters. The molecule has 1 aromatic heterocycles. The molecule has 5 heteroatoms. The number of thiophene rings is 1. The number of amides is 1. The highest BCUT2D eigenvalue weighted by Crippen LogP contribution is 2.17. The minimum Gasteiger partial charge on any atom is -0.337 e. The predicted octanol–water partition coefficient (Wildman–Crippen LogP) is 3.82. The molecule has 2 aromatic rings. The summed E-state index contributed by atoms with van der Waals surface area (Å²) in [6.07, 6.45) is 3.14. The largest absolute Gasteiger partial charge is 0.337 e. The fourth-order valence-electron chi connectivity index (χ4n) is 2.89. The summed E-state index contributed by atoms with van der Waals surface area (Å²) in [6.45, 7) is 4.64. The van der Waals surface area contributed by atoms with E-state index in [4.69, 9.17) is 0 Å². The maximum absolute atomic E-state index is 12.5. The van der Waals surface area contributed by atoms with E-state index in [-0.39, 0.29) is 5.91 Å². The normalized spacial score (nSPS) is 16.3. The van der Waals surface area contributed by atoms with Crippen molar-refractivity contribution in [2.75, 3.05) is 32.4 Å². The average molecular weight is 347 g/mol. The number of hydrogen-bond donors (Lipinski definition) is 0. The monoisotopic (exact) mass is 346 g/mol. The molecule has 0 N–H and O–H groups in total. The summed E-state index contributed by atoms with van der Waals surface area (Å²) < 4.78 is 0. The van der Waals surface area contributed by atoms with Crippen LogP contribution in [0.3, 0.4) is 0 Å². The van der Waals surface area contributed by atoms with Gasteiger partial charge in [-0.25, -0.2) is 0 Å². The number of rotatable bonds is 4. The summed E-state index contributed by atoms with van der Waals surface area (Å²) in [7, 11) is 0. The van der Waals surface area contributed by atoms with Gasteiger partial charge < -0.3 is 4.90 Å². The number of nitrogens with zero attached hydrogens (tertiary/aromatic N) is 2. The Labute approximate surface area is 146 Å². The minimum absolute atomic E-state index is 0.178. The molecule has 0 bridgehead atoms. The van der Waals surface area contributed by atoms with Crippen molar-refractivity contribution >= 4 is 29.0 Å². The van der Waals surface area contributed by atoms with Crippen molar-refractivity contribution in [3.05, 3.63) is 52.2 Å². The van der Waals surface area contributed by atoms with Gasteiger partial charge in [0.1, 0.15) is 0 Å². The highest BCUT2D eigenvalue weighted by atomic mass is 32.2. The zero-order chi connectivity index (χ0) is 16.1. The van der Waals surface area contributed by atoms with Crippen molar-refractivity contribution in [1.82, 2.24) is 9.80 Å². The molecule has 23 heavy (non-hydrogen) atoms. The van der Waals surface area contributed by atoms with Crippen LogP contribution in [0.25, 0.3) is 0 Å². The third-order valence-corrected chi connectivity index (χ3v) is 5.64. The Balaban J connectivity index is 1.56. The predicted molar refractivity (Wildman–Crippen MR) is 98.3 cm³/mol. The van der Waals surface area contributed by atoms with E-state index in [9.17, 15) is 4.79 Å². The third kappa shape index (κ3) is 4.37. The Morgan fingerprint density at radius 3 is 2.65 bits per heavy atom. The van der Waals surface area contributed by atoms with Crippen molar-refractivity contribution in [3.63, 3.8) is 0 Å². The lowest BCUT2D eigenvalue weighted by Gasteiger charge is -2.22. The van der Waals surface area contributed by atoms with Crippen LogP contribution in [0.15, 0.2) is 46.0 Å². The van der Waals surface area contributed by atoms with Crippen molar-refractivity contribution in [2.45, 2.75) is 17.9 Å². The Bertz CT molecular complexity index is 625. The topological polar surface area (TPSA) is 23.6 Å². The number of thioether (sulfide) groups is 1. The van der Waals surface area contributed by atoms with Crippen LogP contribution in [-0.4, -0.2) is 48.1 Å². The van der Waals surface area contributed by atoms with E-state index in [1.807, 2.05) is 21.7 Å². The quantitative estimate of drug-likeness (QED) is 0.787. The molecule has 1 aliphatic rings. The summed E-state index contributed by atoms with van der Waals surface area (Å²) in [5.74, 6) is 0.178. The third-order valence-electron chi connectivity index (χ3n) is 4.21. The molecular formula is C18H22N2OS2. The number of carbonyl (C=O) groups excluding carboxylic acids is 1. The molecule has 2 heterocycles. The smallest absolute Gasteiger partial charge is 0.254 e. The second-order valence-electron chi connectivity index (χ2n) is 5.78. The molecular weight excluding hydrogens is 324 g/mol. The Morgan fingerprint density at radius 1 is 1.13 bits per heavy atom. The van der Waals surface area contributed by atoms with Gasteiger partial charge in [-0.2, -0.15) is 11.3 Å². The lowest BCUT2D eigenvalue weighted by molar-refractivity contribution is 0.0761. The van der Waals surface area contributed by atoms with Gasteiger partial charge >= 0.3 is 0 Å². The fraction of sp³-hybridized carbons (Fsp3) is 0.389. The number of benzene rings is 1. The molecule has 0 radical (unpaired) electrons. The van der Waals surface area contributed by atoms with E-state index in [0.29, 0.717) is 0 Å². The Morgan fingerprint density at radius 2 is 1.96 bits per heavy atom. The summed E-state index contributed by atoms with van der Waals surface area (Å²) in [6, 6.07) is 10.7. The SMILES string of the molecule is CSc1ccc(CN2CCCN(C(=O)c3ccsc3)CC2)cc1. The van der Waals surface area contributed by atoms with Crippen LogP contribution in [-0.2, 0) is 6.54 Å². The van der Waals surface area contributed by atoms with Gasteiger partial charge in [-0.1, -0.05) is 12.1 Å². The van der Waals surface area contributed by atoms with Gasteiger partial charge in [0.15, 0.2) is 0 Å². The van der Waals surface area contributed by atoms with Crippen molar-refractivity contribution in [2.24, 2.45) is 0 Å². The first-order chi connectivity index (χ1) is 11.3. The minimum atomic E-state index is 0.178. The van der Waals surface area contributed by atoms with Crippen molar-refractivity contribution in [3.8, 4) is 0 Å². The summed E-state index contributed by atoms with van der Waals surface area (Å²) in [4.78, 5) is 18.2. The van der Waals surface area contributed by atoms with Gasteiger partial charge in [0.2, 0.25) is 0 Å². The van der Waals surface area contributed by atoms with Crippen LogP contribution in [0.5, 0.6) is 0 Å². The van der Waals surface area contributed by atoms with Crippen LogP contribution in [0, 0.1) is 0 Å². The number of hydrogen-bond acceptors (Lipinski definition) is 4. The maximum atomic E-state index is 12.5. The molecule has 1 amide bonds. The van der Waals surface area contributed by atoms with E-state index >= 15 is 0 Å². The molecule has 3 rings (SSSR count). The van der Waals surface area contributed by atoms with Crippen LogP contribution in [0.4, 0.5) is 0 Å². The van der Waals surface area contributed by atoms with Crippen LogP contribution >= 0.6 is 23.1 Å². The lowest BCUT2D eigenvalue weighted by atomic mass is 10.2. The van der Waals surface area contributed by atoms with E-state index in [0.717, 1.165) is 44.7 Å². The lowest BCUT2D eigenvalue weighted by Crippen LogP contribution is -2.34. The van der Waals surface area contributed by atoms with Crippen molar-refractivity contribution in [1.29, 1.82) is 0 Å². The van der Waals surface area contributed by atoms with Crippen LogP contribution in [0.2, 0.25) is 0 Å². The Kier molecular flexibility index (Phi) is 5.75. The van der Waals surface area contributed by atoms with Crippen LogP contribution in [0.1, 0.15) is 22.3 Å². The zero-order valence-electron chi connectivity index (χ0n) is 13.4. The van der Waals surface area contributed by atoms with Gasteiger partial charge in [-0.15, -0.1) is 11.8 Å². The molecule has 1 aliphatic heterocycles. The zero-order valence-corrected chi connectivity index (χ0v) is 15.0. The molecule has 1 saturated heterocycles. The summed E-state index contributed by atoms with van der Waals surface area (Å²) in [5, 5.41) is 3.91. The molecule has 1 aromatic carbocycles. The standard InChI is InChI=1S/C18H22N2OS2/c1-22-17-5-3-15(4-6-17)13-19-8-2-9-20(11-10-19)18(21)16-7-12-23-14-16/h3-7,12,14H,2,8-11,13H2,1H3. The van der Waals surface area contributed by atoms with Gasteiger partial charge in [0.05, 0.1) is 5.56 Å². The molecule has 0 unspecified atom stereocenters. The van der Waals surface area contributed by atoms with E-state index in [2.05, 4.69) is 35.4 Å². The summed E-state index contributed by atoms with van der Waals surface area (Å²) >= 11 is 3.35. The van der Waals surface area contributed by atoms with Crippen LogP contribution < -0.4 is 0 Å². The highest BCUT2D eigenvalue weighted by Gasteiger charge is 2.20.